The normalized spacial score (nSPS) is 13.2. The van der Waals surface area contributed by atoms with Crippen LogP contribution in [0.25, 0.3) is 0 Å². The second kappa shape index (κ2) is 7.09. The molecule has 0 spiro atoms. The highest BCUT2D eigenvalue weighted by molar-refractivity contribution is 5.86. The first-order chi connectivity index (χ1) is 9.04. The number of likely N-dealkylation sites (N-methyl/N-ethyl adjacent to an activating group) is 1. The van der Waals surface area contributed by atoms with E-state index in [1.165, 1.54) is 11.1 Å². The fraction of sp³-hybridized carbons (Fsp3) is 0.462. The molecule has 6 nitrogen and oxygen atoms in total. The van der Waals surface area contributed by atoms with Crippen molar-refractivity contribution in [1.29, 1.82) is 0 Å². The molecule has 0 bridgehead atoms. The van der Waals surface area contributed by atoms with Gasteiger partial charge >= 0.3 is 0 Å². The second-order valence-electron chi connectivity index (χ2n) is 4.85. The van der Waals surface area contributed by atoms with Crippen LogP contribution in [0.2, 0.25) is 0 Å². The Morgan fingerprint density at radius 1 is 1.45 bits per heavy atom. The maximum Gasteiger partial charge on any atom is 0.239 e. The Balaban J connectivity index is 0.00000200. The SMILES string of the molecule is CN(CC(=O)NC1CC1)C(=O)Cc1ccc(N)cn1.Cl. The van der Waals surface area contributed by atoms with Crippen LogP contribution in [0.4, 0.5) is 5.69 Å². The van der Waals surface area contributed by atoms with Crippen LogP contribution in [0.3, 0.4) is 0 Å². The van der Waals surface area contributed by atoms with E-state index in [0.29, 0.717) is 17.4 Å². The third-order valence-corrected chi connectivity index (χ3v) is 2.93. The van der Waals surface area contributed by atoms with Crippen LogP contribution in [-0.2, 0) is 16.0 Å². The van der Waals surface area contributed by atoms with E-state index in [9.17, 15) is 9.59 Å². The summed E-state index contributed by atoms with van der Waals surface area (Å²) < 4.78 is 0. The van der Waals surface area contributed by atoms with E-state index in [4.69, 9.17) is 5.73 Å². The molecular formula is C13H19ClN4O2. The number of anilines is 1. The number of hydrogen-bond acceptors (Lipinski definition) is 4. The minimum atomic E-state index is -0.136. The van der Waals surface area contributed by atoms with Crippen molar-refractivity contribution in [2.75, 3.05) is 19.3 Å². The van der Waals surface area contributed by atoms with E-state index >= 15 is 0 Å². The van der Waals surface area contributed by atoms with Gasteiger partial charge in [-0.3, -0.25) is 14.6 Å². The van der Waals surface area contributed by atoms with Gasteiger partial charge in [-0.25, -0.2) is 0 Å². The zero-order chi connectivity index (χ0) is 13.8. The fourth-order valence-corrected chi connectivity index (χ4v) is 1.63. The van der Waals surface area contributed by atoms with Gasteiger partial charge in [0.25, 0.3) is 0 Å². The van der Waals surface area contributed by atoms with Gasteiger partial charge in [0, 0.05) is 18.8 Å². The van der Waals surface area contributed by atoms with Gasteiger partial charge in [0.1, 0.15) is 0 Å². The van der Waals surface area contributed by atoms with Crippen LogP contribution < -0.4 is 11.1 Å². The molecule has 1 heterocycles. The van der Waals surface area contributed by atoms with Crippen molar-refractivity contribution in [2.45, 2.75) is 25.3 Å². The summed E-state index contributed by atoms with van der Waals surface area (Å²) in [6.45, 7) is 0.0876. The van der Waals surface area contributed by atoms with Gasteiger partial charge in [0.05, 0.1) is 24.8 Å². The topological polar surface area (TPSA) is 88.3 Å². The molecule has 1 aliphatic rings. The number of hydrogen-bond donors (Lipinski definition) is 2. The number of aromatic nitrogens is 1. The van der Waals surface area contributed by atoms with Crippen molar-refractivity contribution in [3.05, 3.63) is 24.0 Å². The zero-order valence-electron chi connectivity index (χ0n) is 11.3. The van der Waals surface area contributed by atoms with E-state index in [1.54, 1.807) is 19.2 Å². The minimum Gasteiger partial charge on any atom is -0.397 e. The van der Waals surface area contributed by atoms with Crippen molar-refractivity contribution in [1.82, 2.24) is 15.2 Å². The number of pyridine rings is 1. The zero-order valence-corrected chi connectivity index (χ0v) is 12.2. The third kappa shape index (κ3) is 5.05. The average molecular weight is 299 g/mol. The summed E-state index contributed by atoms with van der Waals surface area (Å²) >= 11 is 0. The van der Waals surface area contributed by atoms with Gasteiger partial charge in [-0.15, -0.1) is 12.4 Å². The number of halogens is 1. The third-order valence-electron chi connectivity index (χ3n) is 2.93. The molecule has 2 amide bonds. The number of nitrogen functional groups attached to an aromatic ring is 1. The Morgan fingerprint density at radius 2 is 2.15 bits per heavy atom. The maximum absolute atomic E-state index is 11.9. The van der Waals surface area contributed by atoms with Crippen LogP contribution in [0.5, 0.6) is 0 Å². The average Bonchev–Trinajstić information content (AvgIpc) is 3.15. The molecule has 0 aromatic carbocycles. The molecule has 0 unspecified atom stereocenters. The summed E-state index contributed by atoms with van der Waals surface area (Å²) in [7, 11) is 1.62. The summed E-state index contributed by atoms with van der Waals surface area (Å²) in [5.41, 5.74) is 6.73. The largest absolute Gasteiger partial charge is 0.397 e. The lowest BCUT2D eigenvalue weighted by molar-refractivity contribution is -0.134. The fourth-order valence-electron chi connectivity index (χ4n) is 1.63. The van der Waals surface area contributed by atoms with E-state index in [1.807, 2.05) is 0 Å². The molecule has 20 heavy (non-hydrogen) atoms. The van der Waals surface area contributed by atoms with Crippen molar-refractivity contribution < 1.29 is 9.59 Å². The highest BCUT2D eigenvalue weighted by Gasteiger charge is 2.24. The van der Waals surface area contributed by atoms with Gasteiger partial charge in [0.15, 0.2) is 0 Å². The first kappa shape index (κ1) is 16.2. The predicted octanol–water partition coefficient (Wildman–Crippen LogP) is 0.365. The van der Waals surface area contributed by atoms with E-state index < -0.39 is 0 Å². The monoisotopic (exact) mass is 298 g/mol. The van der Waals surface area contributed by atoms with Gasteiger partial charge < -0.3 is 16.0 Å². The van der Waals surface area contributed by atoms with Gasteiger partial charge in [0.2, 0.25) is 11.8 Å². The number of nitrogens with one attached hydrogen (secondary N) is 1. The molecule has 0 saturated heterocycles. The Hall–Kier alpha value is -1.82. The predicted molar refractivity (Wildman–Crippen MR) is 78.4 cm³/mol. The van der Waals surface area contributed by atoms with E-state index in [2.05, 4.69) is 10.3 Å². The summed E-state index contributed by atoms with van der Waals surface area (Å²) in [4.78, 5) is 29.0. The van der Waals surface area contributed by atoms with Crippen molar-refractivity contribution in [2.24, 2.45) is 0 Å². The number of amides is 2. The van der Waals surface area contributed by atoms with Crippen LogP contribution in [0.1, 0.15) is 18.5 Å². The Labute approximate surface area is 124 Å². The van der Waals surface area contributed by atoms with Gasteiger partial charge in [-0.2, -0.15) is 0 Å². The number of carbonyl (C=O) groups excluding carboxylic acids is 2. The summed E-state index contributed by atoms with van der Waals surface area (Å²) in [6, 6.07) is 3.73. The molecule has 7 heteroatoms. The maximum atomic E-state index is 11.9. The summed E-state index contributed by atoms with van der Waals surface area (Å²) in [5, 5.41) is 2.85. The summed E-state index contributed by atoms with van der Waals surface area (Å²) in [5.74, 6) is -0.244. The highest BCUT2D eigenvalue weighted by Crippen LogP contribution is 2.18. The molecule has 3 N–H and O–H groups in total. The molecule has 0 radical (unpaired) electrons. The first-order valence-corrected chi connectivity index (χ1v) is 6.28. The Kier molecular flexibility index (Phi) is 5.76. The molecule has 1 aromatic heterocycles. The summed E-state index contributed by atoms with van der Waals surface area (Å²) in [6.07, 6.45) is 3.77. The molecule has 0 aliphatic heterocycles. The van der Waals surface area contributed by atoms with Crippen molar-refractivity contribution in [3.63, 3.8) is 0 Å². The van der Waals surface area contributed by atoms with Gasteiger partial charge in [-0.05, 0) is 25.0 Å². The number of nitrogens with two attached hydrogens (primary N) is 1. The van der Waals surface area contributed by atoms with Crippen LogP contribution >= 0.6 is 12.4 Å². The van der Waals surface area contributed by atoms with E-state index in [-0.39, 0.29) is 37.2 Å². The molecule has 0 atom stereocenters. The Bertz CT molecular complexity index is 474. The lowest BCUT2D eigenvalue weighted by atomic mass is 10.2. The molecule has 1 aliphatic carbocycles. The van der Waals surface area contributed by atoms with Crippen LogP contribution in [0.15, 0.2) is 18.3 Å². The molecule has 1 saturated carbocycles. The van der Waals surface area contributed by atoms with Crippen LogP contribution in [0, 0.1) is 0 Å². The number of carbonyl (C=O) groups is 2. The molecule has 2 rings (SSSR count). The quantitative estimate of drug-likeness (QED) is 0.822. The lowest BCUT2D eigenvalue weighted by Gasteiger charge is -2.16. The molecular weight excluding hydrogens is 280 g/mol. The molecule has 1 aromatic rings. The number of nitrogens with zero attached hydrogens (tertiary/aromatic N) is 2. The molecule has 1 fully saturated rings. The highest BCUT2D eigenvalue weighted by atomic mass is 35.5. The Morgan fingerprint density at radius 3 is 2.70 bits per heavy atom. The standard InChI is InChI=1S/C13H18N4O2.ClH/c1-17(8-12(18)16-10-4-5-10)13(19)6-11-3-2-9(14)7-15-11;/h2-3,7,10H,4-6,8,14H2,1H3,(H,16,18);1H. The first-order valence-electron chi connectivity index (χ1n) is 6.28. The lowest BCUT2D eigenvalue weighted by Crippen LogP contribution is -2.39. The van der Waals surface area contributed by atoms with Crippen LogP contribution in [-0.4, -0.2) is 41.3 Å². The molecule has 110 valence electrons. The van der Waals surface area contributed by atoms with Crippen molar-refractivity contribution in [3.8, 4) is 0 Å². The van der Waals surface area contributed by atoms with Crippen molar-refractivity contribution >= 4 is 29.9 Å². The smallest absolute Gasteiger partial charge is 0.239 e. The second-order valence-corrected chi connectivity index (χ2v) is 4.85. The number of rotatable bonds is 5. The minimum absolute atomic E-state index is 0. The van der Waals surface area contributed by atoms with E-state index in [0.717, 1.165) is 12.8 Å². The van der Waals surface area contributed by atoms with Gasteiger partial charge in [-0.1, -0.05) is 0 Å².